The van der Waals surface area contributed by atoms with Crippen molar-refractivity contribution in [3.05, 3.63) is 76.0 Å². The number of hydrogen-bond acceptors (Lipinski definition) is 5. The first-order valence-corrected chi connectivity index (χ1v) is 12.7. The van der Waals surface area contributed by atoms with E-state index >= 15 is 0 Å². The summed E-state index contributed by atoms with van der Waals surface area (Å²) in [5.41, 5.74) is 7.83. The van der Waals surface area contributed by atoms with Crippen molar-refractivity contribution in [1.29, 1.82) is 0 Å². The molecule has 0 fully saturated rings. The maximum absolute atomic E-state index is 10.2. The van der Waals surface area contributed by atoms with E-state index in [4.69, 9.17) is 9.97 Å². The van der Waals surface area contributed by atoms with Crippen LogP contribution < -0.4 is 10.2 Å². The highest BCUT2D eigenvalue weighted by atomic mass is 16.3. The van der Waals surface area contributed by atoms with Gasteiger partial charge in [0.15, 0.2) is 0 Å². The molecule has 1 unspecified atom stereocenters. The first-order chi connectivity index (χ1) is 16.5. The van der Waals surface area contributed by atoms with Gasteiger partial charge in [-0.25, -0.2) is 4.98 Å². The summed E-state index contributed by atoms with van der Waals surface area (Å²) in [6.07, 6.45) is 1.71. The molecule has 0 aliphatic carbocycles. The number of aliphatic hydroxyl groups excluding tert-OH is 1. The van der Waals surface area contributed by atoms with Crippen LogP contribution in [0.5, 0.6) is 0 Å². The Morgan fingerprint density at radius 2 is 1.74 bits per heavy atom. The lowest BCUT2D eigenvalue weighted by molar-refractivity contribution is 0.279. The standard InChI is InChI=1S/C25H30N4O.2C2H6/c1-5-22-21(15-30)24(29-13-12-19-8-6-7-9-20(19)18(29)4)28-25(26-22)27-23-11-10-16(2)14-17(23)3;2*1-2/h6-11,14,18,30H,5,12-13,15H2,1-4H3,(H,26,27,28);2*1-2H3. The fraction of sp³-hybridized carbons (Fsp3) is 0.448. The number of aryl methyl sites for hydroxylation is 3. The molecule has 0 spiro atoms. The van der Waals surface area contributed by atoms with Gasteiger partial charge >= 0.3 is 0 Å². The number of benzene rings is 2. The number of fused-ring (bicyclic) bond motifs is 1. The highest BCUT2D eigenvalue weighted by Crippen LogP contribution is 2.36. The molecule has 1 aromatic heterocycles. The molecule has 34 heavy (non-hydrogen) atoms. The molecule has 2 heterocycles. The quantitative estimate of drug-likeness (QED) is 0.425. The zero-order valence-corrected chi connectivity index (χ0v) is 22.2. The van der Waals surface area contributed by atoms with Crippen molar-refractivity contribution in [3.8, 4) is 0 Å². The summed E-state index contributed by atoms with van der Waals surface area (Å²) in [6.45, 7) is 17.3. The average molecular weight is 463 g/mol. The van der Waals surface area contributed by atoms with Crippen LogP contribution in [0.25, 0.3) is 0 Å². The minimum absolute atomic E-state index is 0.0623. The Morgan fingerprint density at radius 3 is 2.38 bits per heavy atom. The van der Waals surface area contributed by atoms with Crippen molar-refractivity contribution in [2.75, 3.05) is 16.8 Å². The highest BCUT2D eigenvalue weighted by Gasteiger charge is 2.28. The molecule has 2 aromatic carbocycles. The van der Waals surface area contributed by atoms with Gasteiger partial charge < -0.3 is 15.3 Å². The summed E-state index contributed by atoms with van der Waals surface area (Å²) in [4.78, 5) is 11.9. The average Bonchev–Trinajstić information content (AvgIpc) is 2.88. The second kappa shape index (κ2) is 13.1. The summed E-state index contributed by atoms with van der Waals surface area (Å²) >= 11 is 0. The van der Waals surface area contributed by atoms with Crippen LogP contribution in [0.3, 0.4) is 0 Å². The SMILES string of the molecule is CC.CC.CCc1nc(Nc2ccc(C)cc2C)nc(N2CCc3ccccc3C2C)c1CO. The van der Waals surface area contributed by atoms with Gasteiger partial charge in [0.05, 0.1) is 18.3 Å². The molecular weight excluding hydrogens is 420 g/mol. The van der Waals surface area contributed by atoms with E-state index in [1.54, 1.807) is 0 Å². The van der Waals surface area contributed by atoms with E-state index in [0.717, 1.165) is 47.7 Å². The summed E-state index contributed by atoms with van der Waals surface area (Å²) in [5, 5.41) is 13.6. The molecule has 0 radical (unpaired) electrons. The number of nitrogens with one attached hydrogen (secondary N) is 1. The summed E-state index contributed by atoms with van der Waals surface area (Å²) in [5.74, 6) is 1.41. The van der Waals surface area contributed by atoms with Crippen molar-refractivity contribution < 1.29 is 5.11 Å². The molecule has 4 rings (SSSR count). The van der Waals surface area contributed by atoms with Crippen LogP contribution in [0.4, 0.5) is 17.5 Å². The van der Waals surface area contributed by atoms with E-state index in [1.807, 2.05) is 27.7 Å². The molecule has 2 N–H and O–H groups in total. The van der Waals surface area contributed by atoms with E-state index in [1.165, 1.54) is 16.7 Å². The van der Waals surface area contributed by atoms with Gasteiger partial charge in [0.2, 0.25) is 5.95 Å². The van der Waals surface area contributed by atoms with E-state index < -0.39 is 0 Å². The summed E-state index contributed by atoms with van der Waals surface area (Å²) in [7, 11) is 0. The normalized spacial score (nSPS) is 14.3. The van der Waals surface area contributed by atoms with Crippen molar-refractivity contribution in [1.82, 2.24) is 9.97 Å². The number of hydrogen-bond donors (Lipinski definition) is 2. The Labute approximate surface area is 206 Å². The summed E-state index contributed by atoms with van der Waals surface area (Å²) in [6, 6.07) is 15.1. The second-order valence-electron chi connectivity index (χ2n) is 8.07. The summed E-state index contributed by atoms with van der Waals surface area (Å²) < 4.78 is 0. The monoisotopic (exact) mass is 462 g/mol. The van der Waals surface area contributed by atoms with Gasteiger partial charge in [0, 0.05) is 17.8 Å². The van der Waals surface area contributed by atoms with Crippen molar-refractivity contribution in [3.63, 3.8) is 0 Å². The number of aromatic nitrogens is 2. The largest absolute Gasteiger partial charge is 0.391 e. The number of rotatable bonds is 5. The van der Waals surface area contributed by atoms with Gasteiger partial charge in [-0.15, -0.1) is 0 Å². The van der Waals surface area contributed by atoms with Crippen LogP contribution in [0.15, 0.2) is 42.5 Å². The molecule has 5 nitrogen and oxygen atoms in total. The predicted molar refractivity (Wildman–Crippen MR) is 145 cm³/mol. The van der Waals surface area contributed by atoms with Gasteiger partial charge in [-0.1, -0.05) is 76.6 Å². The molecule has 1 atom stereocenters. The van der Waals surface area contributed by atoms with Gasteiger partial charge in [0.25, 0.3) is 0 Å². The lowest BCUT2D eigenvalue weighted by Gasteiger charge is -2.37. The molecule has 5 heteroatoms. The topological polar surface area (TPSA) is 61.3 Å². The van der Waals surface area contributed by atoms with Crippen LogP contribution in [-0.4, -0.2) is 21.6 Å². The minimum Gasteiger partial charge on any atom is -0.391 e. The Morgan fingerprint density at radius 1 is 1.03 bits per heavy atom. The van der Waals surface area contributed by atoms with E-state index in [9.17, 15) is 5.11 Å². The Kier molecular flexibility index (Phi) is 10.5. The molecule has 184 valence electrons. The predicted octanol–water partition coefficient (Wildman–Crippen LogP) is 7.07. The van der Waals surface area contributed by atoms with E-state index in [-0.39, 0.29) is 12.6 Å². The highest BCUT2D eigenvalue weighted by molar-refractivity contribution is 5.62. The maximum atomic E-state index is 10.2. The Hall–Kier alpha value is -2.92. The molecule has 0 amide bonds. The second-order valence-corrected chi connectivity index (χ2v) is 8.07. The third kappa shape index (κ3) is 5.95. The zero-order chi connectivity index (χ0) is 25.3. The van der Waals surface area contributed by atoms with E-state index in [2.05, 4.69) is 80.4 Å². The maximum Gasteiger partial charge on any atom is 0.229 e. The van der Waals surface area contributed by atoms with Crippen molar-refractivity contribution in [2.24, 2.45) is 0 Å². The molecule has 1 aliphatic rings. The van der Waals surface area contributed by atoms with Crippen LogP contribution in [0.1, 0.15) is 81.1 Å². The first kappa shape index (κ1) is 27.3. The van der Waals surface area contributed by atoms with Crippen molar-refractivity contribution in [2.45, 2.75) is 80.9 Å². The minimum atomic E-state index is -0.0623. The molecule has 1 aliphatic heterocycles. The molecule has 0 bridgehead atoms. The lowest BCUT2D eigenvalue weighted by atomic mass is 9.93. The lowest BCUT2D eigenvalue weighted by Crippen LogP contribution is -2.35. The molecule has 0 saturated carbocycles. The number of nitrogens with zero attached hydrogens (tertiary/aromatic N) is 3. The number of anilines is 3. The third-order valence-corrected chi connectivity index (χ3v) is 6.06. The molecule has 3 aromatic rings. The van der Waals surface area contributed by atoms with Gasteiger partial charge in [0.1, 0.15) is 5.82 Å². The fourth-order valence-corrected chi connectivity index (χ4v) is 4.40. The molecule has 0 saturated heterocycles. The first-order valence-electron chi connectivity index (χ1n) is 12.7. The van der Waals surface area contributed by atoms with Crippen LogP contribution in [0.2, 0.25) is 0 Å². The van der Waals surface area contributed by atoms with Crippen LogP contribution >= 0.6 is 0 Å². The van der Waals surface area contributed by atoms with Crippen LogP contribution in [-0.2, 0) is 19.4 Å². The molecular formula is C29H42N4O. The Bertz CT molecular complexity index is 1060. The van der Waals surface area contributed by atoms with Crippen molar-refractivity contribution >= 4 is 17.5 Å². The smallest absolute Gasteiger partial charge is 0.229 e. The van der Waals surface area contributed by atoms with Gasteiger partial charge in [-0.2, -0.15) is 4.98 Å². The third-order valence-electron chi connectivity index (χ3n) is 6.06. The fourth-order valence-electron chi connectivity index (χ4n) is 4.40. The van der Waals surface area contributed by atoms with Crippen LogP contribution in [0, 0.1) is 13.8 Å². The van der Waals surface area contributed by atoms with E-state index in [0.29, 0.717) is 5.95 Å². The number of aliphatic hydroxyl groups is 1. The zero-order valence-electron chi connectivity index (χ0n) is 22.2. The van der Waals surface area contributed by atoms with Gasteiger partial charge in [-0.05, 0) is 56.4 Å². The van der Waals surface area contributed by atoms with Gasteiger partial charge in [-0.3, -0.25) is 0 Å². The Balaban J connectivity index is 0.000000970.